The summed E-state index contributed by atoms with van der Waals surface area (Å²) < 4.78 is 14.8. The van der Waals surface area contributed by atoms with Crippen LogP contribution in [0.1, 0.15) is 24.4 Å². The van der Waals surface area contributed by atoms with Gasteiger partial charge < -0.3 is 15.4 Å². The van der Waals surface area contributed by atoms with Crippen LogP contribution < -0.4 is 5.32 Å². The molecule has 0 aliphatic carbocycles. The first kappa shape index (κ1) is 14.0. The number of anilines is 1. The highest BCUT2D eigenvalue weighted by Crippen LogP contribution is 2.28. The summed E-state index contributed by atoms with van der Waals surface area (Å²) in [5.41, 5.74) is 0.707. The molecule has 1 unspecified atom stereocenters. The molecule has 1 aromatic carbocycles. The molecule has 0 radical (unpaired) electrons. The molecule has 2 rings (SSSR count). The number of hydrogen-bond donors (Lipinski definition) is 1. The topological polar surface area (TPSA) is 73.0 Å². The van der Waals surface area contributed by atoms with Crippen LogP contribution in [0, 0.1) is 22.9 Å². The first-order valence-electron chi connectivity index (χ1n) is 6.10. The Labute approximate surface area is 115 Å². The number of aryl methyl sites for hydroxylation is 1. The number of nitro groups is 1. The SMILES string of the molecule is Cc1nc([N+](=O)[O-])c(NC(C)c2cccc(F)c2)n1C. The van der Waals surface area contributed by atoms with Gasteiger partial charge in [-0.05, 0) is 34.5 Å². The van der Waals surface area contributed by atoms with Crippen LogP contribution in [0.15, 0.2) is 24.3 Å². The zero-order valence-electron chi connectivity index (χ0n) is 11.4. The van der Waals surface area contributed by atoms with Gasteiger partial charge in [0, 0.05) is 14.0 Å². The Morgan fingerprint density at radius 1 is 1.50 bits per heavy atom. The van der Waals surface area contributed by atoms with E-state index < -0.39 is 4.92 Å². The minimum absolute atomic E-state index is 0.228. The molecule has 0 saturated carbocycles. The Morgan fingerprint density at radius 3 is 2.80 bits per heavy atom. The van der Waals surface area contributed by atoms with Crippen molar-refractivity contribution in [3.05, 3.63) is 51.6 Å². The minimum atomic E-state index is -0.534. The summed E-state index contributed by atoms with van der Waals surface area (Å²) in [5, 5.41) is 14.0. The standard InChI is InChI=1S/C13H15FN4O2/c1-8(10-5-4-6-11(14)7-10)15-12-13(18(19)20)16-9(2)17(12)3/h4-8,15H,1-3H3. The van der Waals surface area contributed by atoms with Crippen LogP contribution in [0.5, 0.6) is 0 Å². The van der Waals surface area contributed by atoms with E-state index in [4.69, 9.17) is 0 Å². The van der Waals surface area contributed by atoms with Gasteiger partial charge in [-0.15, -0.1) is 0 Å². The van der Waals surface area contributed by atoms with Crippen molar-refractivity contribution in [1.82, 2.24) is 9.55 Å². The van der Waals surface area contributed by atoms with E-state index in [2.05, 4.69) is 10.3 Å². The number of aromatic nitrogens is 2. The highest BCUT2D eigenvalue weighted by atomic mass is 19.1. The predicted molar refractivity (Wildman–Crippen MR) is 73.0 cm³/mol. The van der Waals surface area contributed by atoms with Gasteiger partial charge in [0.05, 0.1) is 6.04 Å². The van der Waals surface area contributed by atoms with E-state index in [1.807, 2.05) is 0 Å². The molecule has 20 heavy (non-hydrogen) atoms. The lowest BCUT2D eigenvalue weighted by Crippen LogP contribution is -2.11. The van der Waals surface area contributed by atoms with E-state index in [1.54, 1.807) is 37.6 Å². The Hall–Kier alpha value is -2.44. The van der Waals surface area contributed by atoms with Gasteiger partial charge in [-0.25, -0.2) is 4.39 Å². The summed E-state index contributed by atoms with van der Waals surface area (Å²) in [6, 6.07) is 5.83. The number of imidazole rings is 1. The summed E-state index contributed by atoms with van der Waals surface area (Å²) in [6.07, 6.45) is 0. The minimum Gasteiger partial charge on any atom is -0.358 e. The molecule has 1 atom stereocenters. The van der Waals surface area contributed by atoms with E-state index in [9.17, 15) is 14.5 Å². The van der Waals surface area contributed by atoms with Crippen molar-refractivity contribution in [3.8, 4) is 0 Å². The second kappa shape index (κ2) is 5.28. The van der Waals surface area contributed by atoms with Gasteiger partial charge in [-0.3, -0.25) is 4.57 Å². The maximum absolute atomic E-state index is 13.2. The lowest BCUT2D eigenvalue weighted by molar-refractivity contribution is -0.388. The van der Waals surface area contributed by atoms with Crippen LogP contribution in [0.25, 0.3) is 0 Å². The number of nitrogens with zero attached hydrogens (tertiary/aromatic N) is 3. The maximum Gasteiger partial charge on any atom is 0.406 e. The third-order valence-electron chi connectivity index (χ3n) is 3.18. The van der Waals surface area contributed by atoms with Gasteiger partial charge in [-0.2, -0.15) is 0 Å². The molecule has 0 spiro atoms. The van der Waals surface area contributed by atoms with E-state index in [0.717, 1.165) is 0 Å². The molecule has 0 saturated heterocycles. The largest absolute Gasteiger partial charge is 0.406 e. The molecule has 2 aromatic rings. The molecule has 6 nitrogen and oxygen atoms in total. The van der Waals surface area contributed by atoms with Crippen molar-refractivity contribution in [2.75, 3.05) is 5.32 Å². The molecule has 1 aromatic heterocycles. The fourth-order valence-corrected chi connectivity index (χ4v) is 1.95. The van der Waals surface area contributed by atoms with Crippen LogP contribution >= 0.6 is 0 Å². The summed E-state index contributed by atoms with van der Waals surface area (Å²) in [5.74, 6) is 0.273. The molecule has 106 valence electrons. The van der Waals surface area contributed by atoms with Crippen molar-refractivity contribution >= 4 is 11.6 Å². The van der Waals surface area contributed by atoms with Crippen LogP contribution in [0.2, 0.25) is 0 Å². The quantitative estimate of drug-likeness (QED) is 0.689. The summed E-state index contributed by atoms with van der Waals surface area (Å²) in [4.78, 5) is 14.4. The Morgan fingerprint density at radius 2 is 2.20 bits per heavy atom. The third kappa shape index (κ3) is 2.61. The van der Waals surface area contributed by atoms with E-state index in [-0.39, 0.29) is 17.7 Å². The van der Waals surface area contributed by atoms with Crippen LogP contribution in [0.3, 0.4) is 0 Å². The number of nitrogens with one attached hydrogen (secondary N) is 1. The average Bonchev–Trinajstić information content (AvgIpc) is 2.67. The lowest BCUT2D eigenvalue weighted by atomic mass is 10.1. The monoisotopic (exact) mass is 278 g/mol. The van der Waals surface area contributed by atoms with E-state index in [1.165, 1.54) is 12.1 Å². The second-order valence-corrected chi connectivity index (χ2v) is 4.57. The van der Waals surface area contributed by atoms with Gasteiger partial charge in [0.1, 0.15) is 5.82 Å². The van der Waals surface area contributed by atoms with Crippen molar-refractivity contribution in [3.63, 3.8) is 0 Å². The molecular formula is C13H15FN4O2. The third-order valence-corrected chi connectivity index (χ3v) is 3.18. The first-order valence-corrected chi connectivity index (χ1v) is 6.10. The Bertz CT molecular complexity index is 654. The van der Waals surface area contributed by atoms with Gasteiger partial charge in [0.25, 0.3) is 0 Å². The maximum atomic E-state index is 13.2. The highest BCUT2D eigenvalue weighted by molar-refractivity contribution is 5.54. The van der Waals surface area contributed by atoms with Crippen molar-refractivity contribution in [1.29, 1.82) is 0 Å². The molecule has 0 bridgehead atoms. The highest BCUT2D eigenvalue weighted by Gasteiger charge is 2.24. The molecule has 0 amide bonds. The molecule has 7 heteroatoms. The smallest absolute Gasteiger partial charge is 0.358 e. The van der Waals surface area contributed by atoms with E-state index >= 15 is 0 Å². The summed E-state index contributed by atoms with van der Waals surface area (Å²) in [7, 11) is 1.69. The molecular weight excluding hydrogens is 263 g/mol. The van der Waals surface area contributed by atoms with Crippen molar-refractivity contribution < 1.29 is 9.31 Å². The predicted octanol–water partition coefficient (Wildman–Crippen LogP) is 2.95. The van der Waals surface area contributed by atoms with E-state index in [0.29, 0.717) is 17.2 Å². The van der Waals surface area contributed by atoms with Crippen LogP contribution in [-0.2, 0) is 7.05 Å². The first-order chi connectivity index (χ1) is 9.40. The molecule has 0 aliphatic heterocycles. The van der Waals surface area contributed by atoms with Crippen molar-refractivity contribution in [2.45, 2.75) is 19.9 Å². The van der Waals surface area contributed by atoms with Crippen LogP contribution in [-0.4, -0.2) is 14.5 Å². The molecule has 0 aliphatic rings. The van der Waals surface area contributed by atoms with Crippen molar-refractivity contribution in [2.24, 2.45) is 7.05 Å². The summed E-state index contributed by atoms with van der Waals surface area (Å²) >= 11 is 0. The Balaban J connectivity index is 2.32. The average molecular weight is 278 g/mol. The van der Waals surface area contributed by atoms with Gasteiger partial charge in [-0.1, -0.05) is 12.1 Å². The number of benzene rings is 1. The molecule has 1 N–H and O–H groups in total. The van der Waals surface area contributed by atoms with Gasteiger partial charge >= 0.3 is 5.82 Å². The van der Waals surface area contributed by atoms with Gasteiger partial charge in [0.15, 0.2) is 0 Å². The molecule has 1 heterocycles. The second-order valence-electron chi connectivity index (χ2n) is 4.57. The fraction of sp³-hybridized carbons (Fsp3) is 0.308. The van der Waals surface area contributed by atoms with Crippen LogP contribution in [0.4, 0.5) is 16.0 Å². The number of halogens is 1. The lowest BCUT2D eigenvalue weighted by Gasteiger charge is -2.15. The number of hydrogen-bond acceptors (Lipinski definition) is 4. The zero-order chi connectivity index (χ0) is 14.9. The summed E-state index contributed by atoms with van der Waals surface area (Å²) in [6.45, 7) is 3.49. The fourth-order valence-electron chi connectivity index (χ4n) is 1.95. The zero-order valence-corrected chi connectivity index (χ0v) is 11.4. The van der Waals surface area contributed by atoms with Gasteiger partial charge in [0.2, 0.25) is 11.6 Å². The Kier molecular flexibility index (Phi) is 3.69. The normalized spacial score (nSPS) is 12.2. The number of rotatable bonds is 4. The molecule has 0 fully saturated rings.